The number of benzene rings is 2. The summed E-state index contributed by atoms with van der Waals surface area (Å²) in [6.45, 7) is 6.85. The van der Waals surface area contributed by atoms with Gasteiger partial charge in [0.05, 0.1) is 5.56 Å². The van der Waals surface area contributed by atoms with Crippen LogP contribution in [0.3, 0.4) is 0 Å². The van der Waals surface area contributed by atoms with E-state index < -0.39 is 11.6 Å². The molecule has 0 atom stereocenters. The van der Waals surface area contributed by atoms with Crippen molar-refractivity contribution >= 4 is 41.0 Å². The van der Waals surface area contributed by atoms with Gasteiger partial charge in [0.2, 0.25) is 5.78 Å². The van der Waals surface area contributed by atoms with E-state index >= 15 is 0 Å². The summed E-state index contributed by atoms with van der Waals surface area (Å²) in [5, 5.41) is 0.825. The van der Waals surface area contributed by atoms with Gasteiger partial charge in [0.25, 0.3) is 0 Å². The second-order valence-electron chi connectivity index (χ2n) is 7.52. The minimum absolute atomic E-state index is 0.113. The number of Topliss-reactive ketones (excluding diaryl/α,β-unsaturated/α-hetero) is 1. The topological polar surface area (TPSA) is 61.8 Å². The molecule has 0 fully saturated rings. The van der Waals surface area contributed by atoms with Crippen molar-refractivity contribution in [2.24, 2.45) is 0 Å². The number of carbonyl (C=O) groups excluding carboxylic acids is 2. The molecule has 7 heteroatoms. The molecule has 0 radical (unpaired) electrons. The first-order chi connectivity index (χ1) is 13.6. The summed E-state index contributed by atoms with van der Waals surface area (Å²) in [5.41, 5.74) is 0.920. The molecule has 0 bridgehead atoms. The number of esters is 1. The first-order valence-electron chi connectivity index (χ1n) is 8.93. The van der Waals surface area contributed by atoms with Crippen LogP contribution in [0.15, 0.2) is 36.1 Å². The Hall–Kier alpha value is -2.50. The van der Waals surface area contributed by atoms with E-state index in [-0.39, 0.29) is 18.1 Å². The van der Waals surface area contributed by atoms with Crippen LogP contribution in [0.25, 0.3) is 6.08 Å². The Labute approximate surface area is 179 Å². The molecule has 1 heterocycles. The Morgan fingerprint density at radius 3 is 2.41 bits per heavy atom. The van der Waals surface area contributed by atoms with Gasteiger partial charge in [-0.2, -0.15) is 0 Å². The van der Waals surface area contributed by atoms with Gasteiger partial charge in [-0.15, -0.1) is 0 Å². The Bertz CT molecular complexity index is 998. The van der Waals surface area contributed by atoms with E-state index in [0.29, 0.717) is 38.2 Å². The number of ketones is 1. The van der Waals surface area contributed by atoms with Crippen LogP contribution in [0.2, 0.25) is 10.0 Å². The van der Waals surface area contributed by atoms with E-state index in [9.17, 15) is 9.59 Å². The summed E-state index contributed by atoms with van der Waals surface area (Å²) >= 11 is 12.4. The van der Waals surface area contributed by atoms with E-state index in [1.165, 1.54) is 6.08 Å². The summed E-state index contributed by atoms with van der Waals surface area (Å²) in [6, 6.07) is 8.31. The van der Waals surface area contributed by atoms with Crippen LogP contribution in [0.1, 0.15) is 42.3 Å². The molecule has 0 amide bonds. The predicted octanol–water partition coefficient (Wildman–Crippen LogP) is 5.64. The van der Waals surface area contributed by atoms with Gasteiger partial charge in [-0.25, -0.2) is 4.79 Å². The maximum atomic E-state index is 12.7. The fourth-order valence-electron chi connectivity index (χ4n) is 2.81. The molecule has 29 heavy (non-hydrogen) atoms. The van der Waals surface area contributed by atoms with Crippen molar-refractivity contribution in [2.45, 2.75) is 33.3 Å². The van der Waals surface area contributed by atoms with E-state index in [0.717, 1.165) is 0 Å². The number of carbonyl (C=O) groups is 2. The fourth-order valence-corrected chi connectivity index (χ4v) is 3.32. The van der Waals surface area contributed by atoms with Crippen LogP contribution in [0.4, 0.5) is 0 Å². The van der Waals surface area contributed by atoms with E-state index in [1.807, 2.05) is 0 Å². The van der Waals surface area contributed by atoms with Crippen LogP contribution < -0.4 is 9.47 Å². The van der Waals surface area contributed by atoms with Crippen molar-refractivity contribution in [3.8, 4) is 11.5 Å². The highest BCUT2D eigenvalue weighted by atomic mass is 35.5. The van der Waals surface area contributed by atoms with Crippen molar-refractivity contribution in [2.75, 3.05) is 6.61 Å². The zero-order chi connectivity index (χ0) is 21.3. The zero-order valence-corrected chi connectivity index (χ0v) is 18.0. The molecular formula is C22H20Cl2O5. The van der Waals surface area contributed by atoms with Gasteiger partial charge >= 0.3 is 5.97 Å². The van der Waals surface area contributed by atoms with Gasteiger partial charge in [-0.1, -0.05) is 29.3 Å². The molecular weight excluding hydrogens is 415 g/mol. The van der Waals surface area contributed by atoms with E-state index in [1.54, 1.807) is 58.0 Å². The summed E-state index contributed by atoms with van der Waals surface area (Å²) in [6.07, 6.45) is 1.52. The lowest BCUT2D eigenvalue weighted by molar-refractivity contribution is -0.157. The number of hydrogen-bond donors (Lipinski definition) is 0. The lowest BCUT2D eigenvalue weighted by atomic mass is 10.1. The molecule has 2 aromatic rings. The number of allylic oxidation sites excluding steroid dienone is 1. The molecule has 2 aromatic carbocycles. The number of halogens is 2. The molecule has 0 aromatic heterocycles. The molecule has 0 saturated heterocycles. The average Bonchev–Trinajstić information content (AvgIpc) is 2.93. The maximum Gasteiger partial charge on any atom is 0.344 e. The Kier molecular flexibility index (Phi) is 5.92. The maximum absolute atomic E-state index is 12.7. The molecule has 152 valence electrons. The highest BCUT2D eigenvalue weighted by Gasteiger charge is 2.30. The molecule has 0 aliphatic carbocycles. The number of fused-ring (bicyclic) bond motifs is 1. The largest absolute Gasteiger partial charge is 0.481 e. The lowest BCUT2D eigenvalue weighted by Crippen LogP contribution is -2.27. The summed E-state index contributed by atoms with van der Waals surface area (Å²) < 4.78 is 16.6. The monoisotopic (exact) mass is 434 g/mol. The van der Waals surface area contributed by atoms with Crippen LogP contribution in [-0.4, -0.2) is 24.0 Å². The SMILES string of the molecule is Cc1c(OCC(=O)OC(C)(C)C)ccc2c1O/C(=C\c1c(Cl)cccc1Cl)C2=O. The van der Waals surface area contributed by atoms with E-state index in [4.69, 9.17) is 37.4 Å². The molecule has 3 rings (SSSR count). The van der Waals surface area contributed by atoms with Crippen molar-refractivity contribution in [3.05, 3.63) is 62.8 Å². The third-order valence-electron chi connectivity index (χ3n) is 4.08. The summed E-state index contributed by atoms with van der Waals surface area (Å²) in [7, 11) is 0. The molecule has 0 spiro atoms. The van der Waals surface area contributed by atoms with Crippen molar-refractivity contribution in [1.29, 1.82) is 0 Å². The van der Waals surface area contributed by atoms with Crippen molar-refractivity contribution < 1.29 is 23.8 Å². The first kappa shape index (κ1) is 21.2. The zero-order valence-electron chi connectivity index (χ0n) is 16.5. The third-order valence-corrected chi connectivity index (χ3v) is 4.74. The van der Waals surface area contributed by atoms with Gasteiger partial charge in [-0.05, 0) is 58.0 Å². The smallest absolute Gasteiger partial charge is 0.344 e. The minimum Gasteiger partial charge on any atom is -0.481 e. The first-order valence-corrected chi connectivity index (χ1v) is 9.69. The lowest BCUT2D eigenvalue weighted by Gasteiger charge is -2.19. The van der Waals surface area contributed by atoms with Gasteiger partial charge in [-0.3, -0.25) is 4.79 Å². The van der Waals surface area contributed by atoms with Gasteiger partial charge in [0.1, 0.15) is 17.1 Å². The Morgan fingerprint density at radius 1 is 1.14 bits per heavy atom. The van der Waals surface area contributed by atoms with Crippen molar-refractivity contribution in [1.82, 2.24) is 0 Å². The minimum atomic E-state index is -0.595. The van der Waals surface area contributed by atoms with Crippen LogP contribution >= 0.6 is 23.2 Å². The summed E-state index contributed by atoms with van der Waals surface area (Å²) in [5.74, 6) is 0.161. The third kappa shape index (κ3) is 4.74. The van der Waals surface area contributed by atoms with Gasteiger partial charge in [0.15, 0.2) is 12.4 Å². The van der Waals surface area contributed by atoms with Gasteiger partial charge in [0, 0.05) is 21.2 Å². The predicted molar refractivity (Wildman–Crippen MR) is 112 cm³/mol. The molecule has 0 saturated carbocycles. The van der Waals surface area contributed by atoms with Crippen molar-refractivity contribution in [3.63, 3.8) is 0 Å². The highest BCUT2D eigenvalue weighted by Crippen LogP contribution is 2.40. The number of rotatable bonds is 4. The fraction of sp³-hybridized carbons (Fsp3) is 0.273. The van der Waals surface area contributed by atoms with Gasteiger partial charge < -0.3 is 14.2 Å². The van der Waals surface area contributed by atoms with Crippen LogP contribution in [-0.2, 0) is 9.53 Å². The standard InChI is InChI=1S/C22H20Cl2O5/c1-12-17(27-11-19(25)29-22(2,3)4)9-8-13-20(26)18(28-21(12)13)10-14-15(23)6-5-7-16(14)24/h5-10H,11H2,1-4H3/b18-10-. The second-order valence-corrected chi connectivity index (χ2v) is 8.33. The van der Waals surface area contributed by atoms with Crippen LogP contribution in [0, 0.1) is 6.92 Å². The second kappa shape index (κ2) is 8.09. The molecule has 0 unspecified atom stereocenters. The molecule has 1 aliphatic rings. The molecule has 1 aliphatic heterocycles. The highest BCUT2D eigenvalue weighted by molar-refractivity contribution is 6.37. The van der Waals surface area contributed by atoms with Crippen LogP contribution in [0.5, 0.6) is 11.5 Å². The average molecular weight is 435 g/mol. The Balaban J connectivity index is 1.83. The number of ether oxygens (including phenoxy) is 3. The molecule has 0 N–H and O–H groups in total. The Morgan fingerprint density at radius 2 is 1.79 bits per heavy atom. The normalized spacial score (nSPS) is 14.6. The quantitative estimate of drug-likeness (QED) is 0.460. The molecule has 5 nitrogen and oxygen atoms in total. The van der Waals surface area contributed by atoms with E-state index in [2.05, 4.69) is 0 Å². The number of hydrogen-bond acceptors (Lipinski definition) is 5. The summed E-state index contributed by atoms with van der Waals surface area (Å²) in [4.78, 5) is 24.6.